The molecule has 0 saturated heterocycles. The van der Waals surface area contributed by atoms with Gasteiger partial charge in [-0.3, -0.25) is 4.79 Å². The van der Waals surface area contributed by atoms with Crippen LogP contribution >= 0.6 is 0 Å². The molecule has 0 spiro atoms. The maximum atomic E-state index is 11.9. The molecule has 0 aliphatic carbocycles. The smallest absolute Gasteiger partial charge is 0.335 e. The zero-order valence-corrected chi connectivity index (χ0v) is 10.9. The molecule has 2 aromatic rings. The highest BCUT2D eigenvalue weighted by Gasteiger charge is 2.09. The topological polar surface area (TPSA) is 107 Å². The molecule has 21 heavy (non-hydrogen) atoms. The average molecular weight is 287 g/mol. The molecule has 0 radical (unpaired) electrons. The van der Waals surface area contributed by atoms with Crippen LogP contribution in [0.2, 0.25) is 0 Å². The summed E-state index contributed by atoms with van der Waals surface area (Å²) in [5, 5.41) is 30.1. The SMILES string of the molecule is O=C(O)c1cccc(CNC(=O)c2cc(O)cc(O)c2)c1. The van der Waals surface area contributed by atoms with Gasteiger partial charge in [-0.1, -0.05) is 12.1 Å². The third-order valence-corrected chi connectivity index (χ3v) is 2.79. The lowest BCUT2D eigenvalue weighted by atomic mass is 10.1. The van der Waals surface area contributed by atoms with E-state index in [-0.39, 0.29) is 29.2 Å². The van der Waals surface area contributed by atoms with Crippen molar-refractivity contribution in [2.24, 2.45) is 0 Å². The van der Waals surface area contributed by atoms with Crippen molar-refractivity contribution in [2.45, 2.75) is 6.54 Å². The number of hydrogen-bond donors (Lipinski definition) is 4. The van der Waals surface area contributed by atoms with Crippen LogP contribution in [0.15, 0.2) is 42.5 Å². The number of phenolic OH excluding ortho intramolecular Hbond substituents is 2. The second-order valence-electron chi connectivity index (χ2n) is 4.43. The second-order valence-corrected chi connectivity index (χ2v) is 4.43. The standard InChI is InChI=1S/C15H13NO5/c17-12-5-11(6-13(18)7-12)14(19)16-8-9-2-1-3-10(4-9)15(20)21/h1-7,17-18H,8H2,(H,16,19)(H,20,21). The van der Waals surface area contributed by atoms with Crippen molar-refractivity contribution in [1.82, 2.24) is 5.32 Å². The van der Waals surface area contributed by atoms with Crippen LogP contribution in [0.25, 0.3) is 0 Å². The summed E-state index contributed by atoms with van der Waals surface area (Å²) in [7, 11) is 0. The van der Waals surface area contributed by atoms with Crippen molar-refractivity contribution in [3.05, 3.63) is 59.2 Å². The molecule has 0 saturated carbocycles. The van der Waals surface area contributed by atoms with Gasteiger partial charge in [-0.15, -0.1) is 0 Å². The summed E-state index contributed by atoms with van der Waals surface area (Å²) in [4.78, 5) is 22.7. The maximum absolute atomic E-state index is 11.9. The highest BCUT2D eigenvalue weighted by Crippen LogP contribution is 2.20. The Kier molecular flexibility index (Phi) is 4.08. The molecule has 2 aromatic carbocycles. The fourth-order valence-electron chi connectivity index (χ4n) is 1.82. The Morgan fingerprint density at radius 1 is 0.952 bits per heavy atom. The number of aromatic hydroxyl groups is 2. The van der Waals surface area contributed by atoms with E-state index in [1.165, 1.54) is 24.3 Å². The van der Waals surface area contributed by atoms with E-state index in [1.54, 1.807) is 12.1 Å². The number of aromatic carboxylic acids is 1. The van der Waals surface area contributed by atoms with Gasteiger partial charge in [-0.2, -0.15) is 0 Å². The lowest BCUT2D eigenvalue weighted by Gasteiger charge is -2.07. The number of benzene rings is 2. The van der Waals surface area contributed by atoms with Gasteiger partial charge in [-0.25, -0.2) is 4.79 Å². The Bertz CT molecular complexity index is 676. The quantitative estimate of drug-likeness (QED) is 0.685. The minimum Gasteiger partial charge on any atom is -0.508 e. The van der Waals surface area contributed by atoms with E-state index in [0.29, 0.717) is 5.56 Å². The van der Waals surface area contributed by atoms with E-state index < -0.39 is 11.9 Å². The molecular weight excluding hydrogens is 274 g/mol. The van der Waals surface area contributed by atoms with Crippen molar-refractivity contribution >= 4 is 11.9 Å². The Morgan fingerprint density at radius 2 is 1.62 bits per heavy atom. The first-order valence-electron chi connectivity index (χ1n) is 6.09. The first kappa shape index (κ1) is 14.4. The number of carboxylic acid groups (broad SMARTS) is 1. The van der Waals surface area contributed by atoms with Gasteiger partial charge in [0.1, 0.15) is 11.5 Å². The third kappa shape index (κ3) is 3.73. The van der Waals surface area contributed by atoms with Crippen LogP contribution in [0.5, 0.6) is 11.5 Å². The predicted molar refractivity (Wildman–Crippen MR) is 74.3 cm³/mol. The van der Waals surface area contributed by atoms with Crippen molar-refractivity contribution in [3.63, 3.8) is 0 Å². The molecule has 108 valence electrons. The largest absolute Gasteiger partial charge is 0.508 e. The van der Waals surface area contributed by atoms with E-state index in [9.17, 15) is 19.8 Å². The molecule has 4 N–H and O–H groups in total. The van der Waals surface area contributed by atoms with Crippen LogP contribution in [-0.4, -0.2) is 27.2 Å². The fourth-order valence-corrected chi connectivity index (χ4v) is 1.82. The minimum atomic E-state index is -1.04. The van der Waals surface area contributed by atoms with Crippen molar-refractivity contribution in [1.29, 1.82) is 0 Å². The molecule has 0 unspecified atom stereocenters. The molecule has 0 atom stereocenters. The van der Waals surface area contributed by atoms with E-state index in [2.05, 4.69) is 5.32 Å². The molecule has 2 rings (SSSR count). The van der Waals surface area contributed by atoms with Gasteiger partial charge in [0, 0.05) is 18.2 Å². The molecule has 1 amide bonds. The number of carbonyl (C=O) groups excluding carboxylic acids is 1. The van der Waals surface area contributed by atoms with E-state index >= 15 is 0 Å². The van der Waals surface area contributed by atoms with Gasteiger partial charge in [0.15, 0.2) is 0 Å². The van der Waals surface area contributed by atoms with Crippen LogP contribution in [0.1, 0.15) is 26.3 Å². The molecule has 0 aromatic heterocycles. The molecule has 0 fully saturated rings. The first-order chi connectivity index (χ1) is 9.95. The van der Waals surface area contributed by atoms with Gasteiger partial charge >= 0.3 is 5.97 Å². The Labute approximate surface area is 120 Å². The number of amides is 1. The van der Waals surface area contributed by atoms with Gasteiger partial charge in [0.05, 0.1) is 5.56 Å². The number of rotatable bonds is 4. The number of phenols is 2. The lowest BCUT2D eigenvalue weighted by Crippen LogP contribution is -2.22. The maximum Gasteiger partial charge on any atom is 0.335 e. The molecule has 6 nitrogen and oxygen atoms in total. The van der Waals surface area contributed by atoms with Crippen LogP contribution in [0.4, 0.5) is 0 Å². The molecule has 0 heterocycles. The number of hydrogen-bond acceptors (Lipinski definition) is 4. The molecule has 0 bridgehead atoms. The number of nitrogens with one attached hydrogen (secondary N) is 1. The minimum absolute atomic E-state index is 0.113. The average Bonchev–Trinajstić information content (AvgIpc) is 2.44. The first-order valence-corrected chi connectivity index (χ1v) is 6.09. The third-order valence-electron chi connectivity index (χ3n) is 2.79. The van der Waals surface area contributed by atoms with E-state index in [1.807, 2.05) is 0 Å². The fraction of sp³-hybridized carbons (Fsp3) is 0.0667. The Hall–Kier alpha value is -3.02. The summed E-state index contributed by atoms with van der Waals surface area (Å²) in [5.41, 5.74) is 0.881. The zero-order chi connectivity index (χ0) is 15.4. The van der Waals surface area contributed by atoms with Crippen LogP contribution in [0.3, 0.4) is 0 Å². The van der Waals surface area contributed by atoms with Crippen molar-refractivity contribution in [2.75, 3.05) is 0 Å². The zero-order valence-electron chi connectivity index (χ0n) is 10.9. The molecular formula is C15H13NO5. The summed E-state index contributed by atoms with van der Waals surface area (Å²) in [6, 6.07) is 9.76. The predicted octanol–water partition coefficient (Wildman–Crippen LogP) is 1.73. The number of carboxylic acids is 1. The van der Waals surface area contributed by atoms with Crippen LogP contribution in [0, 0.1) is 0 Å². The van der Waals surface area contributed by atoms with Gasteiger partial charge in [-0.05, 0) is 29.8 Å². The summed E-state index contributed by atoms with van der Waals surface area (Å²) in [6.07, 6.45) is 0. The molecule has 0 aliphatic rings. The molecule has 0 aliphatic heterocycles. The highest BCUT2D eigenvalue weighted by molar-refractivity contribution is 5.95. The highest BCUT2D eigenvalue weighted by atomic mass is 16.4. The van der Waals surface area contributed by atoms with E-state index in [0.717, 1.165) is 6.07 Å². The second kappa shape index (κ2) is 5.96. The Morgan fingerprint density at radius 3 is 2.24 bits per heavy atom. The summed E-state index contributed by atoms with van der Waals surface area (Å²) in [6.45, 7) is 0.135. The lowest BCUT2D eigenvalue weighted by molar-refractivity contribution is 0.0696. The summed E-state index contributed by atoms with van der Waals surface area (Å²) in [5.74, 6) is -1.95. The number of carbonyl (C=O) groups is 2. The summed E-state index contributed by atoms with van der Waals surface area (Å²) < 4.78 is 0. The normalized spacial score (nSPS) is 10.1. The molecule has 6 heteroatoms. The van der Waals surface area contributed by atoms with Gasteiger partial charge in [0.2, 0.25) is 0 Å². The Balaban J connectivity index is 2.07. The monoisotopic (exact) mass is 287 g/mol. The summed E-state index contributed by atoms with van der Waals surface area (Å²) >= 11 is 0. The van der Waals surface area contributed by atoms with Crippen molar-refractivity contribution in [3.8, 4) is 11.5 Å². The van der Waals surface area contributed by atoms with Gasteiger partial charge in [0.25, 0.3) is 5.91 Å². The van der Waals surface area contributed by atoms with Gasteiger partial charge < -0.3 is 20.6 Å². The van der Waals surface area contributed by atoms with Crippen LogP contribution < -0.4 is 5.32 Å². The van der Waals surface area contributed by atoms with E-state index in [4.69, 9.17) is 5.11 Å². The van der Waals surface area contributed by atoms with Crippen LogP contribution in [-0.2, 0) is 6.54 Å². The van der Waals surface area contributed by atoms with Crippen molar-refractivity contribution < 1.29 is 24.9 Å².